The molecule has 6 nitrogen and oxygen atoms in total. The Morgan fingerprint density at radius 3 is 2.21 bits per heavy atom. The van der Waals surface area contributed by atoms with E-state index in [2.05, 4.69) is 10.0 Å². The van der Waals surface area contributed by atoms with E-state index in [1.165, 1.54) is 38.2 Å². The van der Waals surface area contributed by atoms with Crippen LogP contribution in [0.15, 0.2) is 29.2 Å². The molecule has 0 aliphatic carbocycles. The molecule has 7 heteroatoms. The van der Waals surface area contributed by atoms with Gasteiger partial charge in [-0.25, -0.2) is 13.1 Å². The maximum atomic E-state index is 11.9. The number of ketones is 1. The van der Waals surface area contributed by atoms with Gasteiger partial charge in [-0.3, -0.25) is 9.59 Å². The molecule has 19 heavy (non-hydrogen) atoms. The quantitative estimate of drug-likeness (QED) is 0.735. The maximum Gasteiger partial charge on any atom is 0.240 e. The monoisotopic (exact) mass is 284 g/mol. The van der Waals surface area contributed by atoms with Crippen LogP contribution in [0.3, 0.4) is 0 Å². The molecule has 0 saturated heterocycles. The van der Waals surface area contributed by atoms with Crippen molar-refractivity contribution in [3.8, 4) is 0 Å². The van der Waals surface area contributed by atoms with Gasteiger partial charge in [-0.1, -0.05) is 12.1 Å². The predicted octanol–water partition coefficient (Wildman–Crippen LogP) is 0.304. The van der Waals surface area contributed by atoms with Gasteiger partial charge in [0.15, 0.2) is 5.78 Å². The van der Waals surface area contributed by atoms with Crippen LogP contribution in [0, 0.1) is 0 Å². The Bertz CT molecular complexity index is 564. The summed E-state index contributed by atoms with van der Waals surface area (Å²) >= 11 is 0. The molecule has 0 bridgehead atoms. The van der Waals surface area contributed by atoms with Crippen LogP contribution in [0.4, 0.5) is 0 Å². The standard InChI is InChI=1S/C12H16N2O4S/c1-9(15)10-3-5-11(6-4-10)19(17,18)14-8-7-12(16)13-2/h3-6,14H,7-8H2,1-2H3,(H,13,16). The highest BCUT2D eigenvalue weighted by Crippen LogP contribution is 2.10. The Labute approximate surface area is 112 Å². The van der Waals surface area contributed by atoms with E-state index in [9.17, 15) is 18.0 Å². The molecule has 0 heterocycles. The van der Waals surface area contributed by atoms with Gasteiger partial charge in [-0.05, 0) is 19.1 Å². The molecule has 0 unspecified atom stereocenters. The summed E-state index contributed by atoms with van der Waals surface area (Å²) in [5.74, 6) is -0.369. The van der Waals surface area contributed by atoms with Gasteiger partial charge in [-0.15, -0.1) is 0 Å². The highest BCUT2D eigenvalue weighted by molar-refractivity contribution is 7.89. The molecule has 0 aromatic heterocycles. The molecular weight excluding hydrogens is 268 g/mol. The Morgan fingerprint density at radius 2 is 1.74 bits per heavy atom. The molecule has 1 aromatic rings. The van der Waals surface area contributed by atoms with Crippen LogP contribution in [0.2, 0.25) is 0 Å². The van der Waals surface area contributed by atoms with Crippen molar-refractivity contribution in [1.82, 2.24) is 10.0 Å². The molecule has 2 N–H and O–H groups in total. The number of rotatable bonds is 6. The lowest BCUT2D eigenvalue weighted by Crippen LogP contribution is -2.29. The number of carbonyl (C=O) groups is 2. The summed E-state index contributed by atoms with van der Waals surface area (Å²) in [6.45, 7) is 1.43. The average molecular weight is 284 g/mol. The van der Waals surface area contributed by atoms with Crippen LogP contribution in [0.5, 0.6) is 0 Å². The summed E-state index contributed by atoms with van der Waals surface area (Å²) in [5.41, 5.74) is 0.448. The van der Waals surface area contributed by atoms with E-state index < -0.39 is 10.0 Å². The van der Waals surface area contributed by atoms with Gasteiger partial charge in [0, 0.05) is 25.6 Å². The first-order chi connectivity index (χ1) is 8.86. The van der Waals surface area contributed by atoms with E-state index in [0.29, 0.717) is 5.56 Å². The number of hydrogen-bond donors (Lipinski definition) is 2. The number of hydrogen-bond acceptors (Lipinski definition) is 4. The van der Waals surface area contributed by atoms with Crippen molar-refractivity contribution in [2.75, 3.05) is 13.6 Å². The van der Waals surface area contributed by atoms with E-state index in [4.69, 9.17) is 0 Å². The first-order valence-corrected chi connectivity index (χ1v) is 7.16. The van der Waals surface area contributed by atoms with Crippen molar-refractivity contribution in [1.29, 1.82) is 0 Å². The zero-order valence-electron chi connectivity index (χ0n) is 10.8. The molecule has 0 fully saturated rings. The SMILES string of the molecule is CNC(=O)CCNS(=O)(=O)c1ccc(C(C)=O)cc1. The lowest BCUT2D eigenvalue weighted by molar-refractivity contribution is -0.120. The van der Waals surface area contributed by atoms with Gasteiger partial charge >= 0.3 is 0 Å². The summed E-state index contributed by atoms with van der Waals surface area (Å²) in [6.07, 6.45) is 0.0707. The Balaban J connectivity index is 2.72. The van der Waals surface area contributed by atoms with Crippen LogP contribution in [-0.4, -0.2) is 33.7 Å². The second-order valence-electron chi connectivity index (χ2n) is 3.90. The fourth-order valence-electron chi connectivity index (χ4n) is 1.38. The van der Waals surface area contributed by atoms with Crippen LogP contribution in [0.1, 0.15) is 23.7 Å². The summed E-state index contributed by atoms with van der Waals surface area (Å²) < 4.78 is 26.0. The zero-order chi connectivity index (χ0) is 14.5. The molecule has 104 valence electrons. The second-order valence-corrected chi connectivity index (χ2v) is 5.67. The van der Waals surface area contributed by atoms with Gasteiger partial charge in [-0.2, -0.15) is 0 Å². The van der Waals surface area contributed by atoms with E-state index in [0.717, 1.165) is 0 Å². The van der Waals surface area contributed by atoms with Gasteiger partial charge in [0.25, 0.3) is 0 Å². The van der Waals surface area contributed by atoms with Gasteiger partial charge < -0.3 is 5.32 Å². The molecule has 1 rings (SSSR count). The van der Waals surface area contributed by atoms with Crippen molar-refractivity contribution >= 4 is 21.7 Å². The largest absolute Gasteiger partial charge is 0.359 e. The first kappa shape index (κ1) is 15.3. The number of amides is 1. The number of carbonyl (C=O) groups excluding carboxylic acids is 2. The van der Waals surface area contributed by atoms with Gasteiger partial charge in [0.05, 0.1) is 4.90 Å². The smallest absolute Gasteiger partial charge is 0.240 e. The molecule has 0 aliphatic rings. The molecule has 0 radical (unpaired) electrons. The predicted molar refractivity (Wildman–Crippen MR) is 70.3 cm³/mol. The number of benzene rings is 1. The topological polar surface area (TPSA) is 92.3 Å². The average Bonchev–Trinajstić information content (AvgIpc) is 2.38. The summed E-state index contributed by atoms with van der Waals surface area (Å²) in [6, 6.07) is 5.63. The molecule has 1 aromatic carbocycles. The van der Waals surface area contributed by atoms with Crippen LogP contribution < -0.4 is 10.0 Å². The minimum Gasteiger partial charge on any atom is -0.359 e. The van der Waals surface area contributed by atoms with Gasteiger partial charge in [0.2, 0.25) is 15.9 Å². The Hall–Kier alpha value is -1.73. The maximum absolute atomic E-state index is 11.9. The van der Waals surface area contributed by atoms with Crippen molar-refractivity contribution in [2.45, 2.75) is 18.2 Å². The fourth-order valence-corrected chi connectivity index (χ4v) is 2.41. The van der Waals surface area contributed by atoms with E-state index in [-0.39, 0.29) is 29.6 Å². The molecule has 1 amide bonds. The third-order valence-corrected chi connectivity index (χ3v) is 3.97. The second kappa shape index (κ2) is 6.44. The fraction of sp³-hybridized carbons (Fsp3) is 0.333. The number of Topliss-reactive ketones (excluding diaryl/α,β-unsaturated/α-hetero) is 1. The Kier molecular flexibility index (Phi) is 5.20. The lowest BCUT2D eigenvalue weighted by Gasteiger charge is -2.06. The number of sulfonamides is 1. The molecule has 0 spiro atoms. The van der Waals surface area contributed by atoms with Gasteiger partial charge in [0.1, 0.15) is 0 Å². The van der Waals surface area contributed by atoms with E-state index in [1.807, 2.05) is 0 Å². The first-order valence-electron chi connectivity index (χ1n) is 5.68. The highest BCUT2D eigenvalue weighted by Gasteiger charge is 2.14. The zero-order valence-corrected chi connectivity index (χ0v) is 11.6. The molecule has 0 aliphatic heterocycles. The normalized spacial score (nSPS) is 11.1. The van der Waals surface area contributed by atoms with E-state index in [1.54, 1.807) is 0 Å². The summed E-state index contributed by atoms with van der Waals surface area (Å²) in [7, 11) is -2.16. The van der Waals surface area contributed by atoms with Crippen molar-refractivity contribution in [3.05, 3.63) is 29.8 Å². The number of nitrogens with one attached hydrogen (secondary N) is 2. The van der Waals surface area contributed by atoms with Crippen molar-refractivity contribution < 1.29 is 18.0 Å². The van der Waals surface area contributed by atoms with Crippen LogP contribution in [-0.2, 0) is 14.8 Å². The lowest BCUT2D eigenvalue weighted by atomic mass is 10.2. The molecule has 0 saturated carbocycles. The van der Waals surface area contributed by atoms with Crippen LogP contribution >= 0.6 is 0 Å². The highest BCUT2D eigenvalue weighted by atomic mass is 32.2. The summed E-state index contributed by atoms with van der Waals surface area (Å²) in [5, 5.41) is 2.40. The van der Waals surface area contributed by atoms with Crippen molar-refractivity contribution in [3.63, 3.8) is 0 Å². The molecule has 0 atom stereocenters. The third-order valence-electron chi connectivity index (χ3n) is 2.49. The minimum atomic E-state index is -3.65. The van der Waals surface area contributed by atoms with E-state index >= 15 is 0 Å². The Morgan fingerprint density at radius 1 is 1.16 bits per heavy atom. The van der Waals surface area contributed by atoms with Crippen LogP contribution in [0.25, 0.3) is 0 Å². The third kappa shape index (κ3) is 4.46. The summed E-state index contributed by atoms with van der Waals surface area (Å²) in [4.78, 5) is 22.1. The van der Waals surface area contributed by atoms with Crippen molar-refractivity contribution in [2.24, 2.45) is 0 Å². The molecular formula is C12H16N2O4S. The minimum absolute atomic E-state index is 0.0243.